The number of amides is 1. The molecule has 0 radical (unpaired) electrons. The molecule has 1 aromatic carbocycles. The van der Waals surface area contributed by atoms with Gasteiger partial charge < -0.3 is 9.73 Å². The maximum Gasteiger partial charge on any atom is 0.238 e. The number of hydrogen-bond donors (Lipinski definition) is 1. The summed E-state index contributed by atoms with van der Waals surface area (Å²) >= 11 is 12.0. The molecule has 1 fully saturated rings. The smallest absolute Gasteiger partial charge is 0.238 e. The van der Waals surface area contributed by atoms with Gasteiger partial charge in [0.05, 0.1) is 41.6 Å². The van der Waals surface area contributed by atoms with Gasteiger partial charge in [-0.2, -0.15) is 0 Å². The van der Waals surface area contributed by atoms with Crippen LogP contribution in [0.2, 0.25) is 10.0 Å². The monoisotopic (exact) mass is 416 g/mol. The molecular weight excluding hydrogens is 399 g/mol. The van der Waals surface area contributed by atoms with E-state index in [4.69, 9.17) is 27.6 Å². The summed E-state index contributed by atoms with van der Waals surface area (Å²) in [4.78, 5) is 14.3. The zero-order chi connectivity index (χ0) is 18.7. The van der Waals surface area contributed by atoms with Crippen LogP contribution in [0, 0.1) is 0 Å². The molecule has 0 spiro atoms. The van der Waals surface area contributed by atoms with E-state index in [0.717, 1.165) is 0 Å². The molecule has 1 N–H and O–H groups in total. The Morgan fingerprint density at radius 3 is 2.77 bits per heavy atom. The molecule has 1 atom stereocenters. The Labute approximate surface area is 162 Å². The first-order chi connectivity index (χ1) is 12.3. The van der Waals surface area contributed by atoms with E-state index in [0.29, 0.717) is 34.5 Å². The van der Waals surface area contributed by atoms with Crippen molar-refractivity contribution in [1.82, 2.24) is 4.90 Å². The minimum absolute atomic E-state index is 0.0176. The van der Waals surface area contributed by atoms with Crippen molar-refractivity contribution >= 4 is 44.6 Å². The van der Waals surface area contributed by atoms with Crippen molar-refractivity contribution in [2.45, 2.75) is 19.0 Å². The van der Waals surface area contributed by atoms with E-state index in [-0.39, 0.29) is 30.0 Å². The number of benzene rings is 1. The summed E-state index contributed by atoms with van der Waals surface area (Å²) in [7, 11) is -3.07. The molecule has 1 aliphatic rings. The molecule has 26 heavy (non-hydrogen) atoms. The van der Waals surface area contributed by atoms with Gasteiger partial charge in [0.25, 0.3) is 0 Å². The minimum atomic E-state index is -3.07. The number of nitrogens with zero attached hydrogens (tertiary/aromatic N) is 1. The van der Waals surface area contributed by atoms with Crippen molar-refractivity contribution in [3.8, 4) is 0 Å². The number of carbonyl (C=O) groups is 1. The van der Waals surface area contributed by atoms with Crippen molar-refractivity contribution in [2.24, 2.45) is 0 Å². The summed E-state index contributed by atoms with van der Waals surface area (Å²) in [6.45, 7) is 0.369. The average Bonchev–Trinajstić information content (AvgIpc) is 3.19. The molecule has 3 rings (SSSR count). The highest BCUT2D eigenvalue weighted by molar-refractivity contribution is 7.91. The summed E-state index contributed by atoms with van der Waals surface area (Å²) in [5.74, 6) is 0.542. The lowest BCUT2D eigenvalue weighted by molar-refractivity contribution is -0.118. The zero-order valence-electron chi connectivity index (χ0n) is 13.8. The van der Waals surface area contributed by atoms with E-state index >= 15 is 0 Å². The van der Waals surface area contributed by atoms with Crippen LogP contribution in [-0.4, -0.2) is 43.3 Å². The molecule has 1 amide bonds. The summed E-state index contributed by atoms with van der Waals surface area (Å²) in [5, 5.41) is 3.56. The van der Waals surface area contributed by atoms with E-state index in [1.807, 2.05) is 4.90 Å². The first-order valence-corrected chi connectivity index (χ1v) is 10.6. The normalized spacial score (nSPS) is 19.0. The molecule has 1 saturated heterocycles. The van der Waals surface area contributed by atoms with E-state index in [1.165, 1.54) is 0 Å². The SMILES string of the molecule is O=C(CN(Cc1ccco1)[C@H]1CCS(=O)(=O)C1)Nc1cc(Cl)ccc1Cl. The maximum absolute atomic E-state index is 12.5. The van der Waals surface area contributed by atoms with Crippen LogP contribution in [0.4, 0.5) is 5.69 Å². The zero-order valence-corrected chi connectivity index (χ0v) is 16.1. The van der Waals surface area contributed by atoms with Crippen LogP contribution in [-0.2, 0) is 21.2 Å². The van der Waals surface area contributed by atoms with E-state index in [2.05, 4.69) is 5.32 Å². The van der Waals surface area contributed by atoms with Crippen LogP contribution in [0.1, 0.15) is 12.2 Å². The fourth-order valence-corrected chi connectivity index (χ4v) is 5.05. The third-order valence-electron chi connectivity index (χ3n) is 4.21. The fourth-order valence-electron chi connectivity index (χ4n) is 2.95. The van der Waals surface area contributed by atoms with Crippen LogP contribution in [0.3, 0.4) is 0 Å². The first-order valence-electron chi connectivity index (χ1n) is 8.04. The third-order valence-corrected chi connectivity index (χ3v) is 6.53. The van der Waals surface area contributed by atoms with E-state index < -0.39 is 9.84 Å². The van der Waals surface area contributed by atoms with Gasteiger partial charge in [0.1, 0.15) is 5.76 Å². The molecule has 1 aliphatic heterocycles. The van der Waals surface area contributed by atoms with Crippen molar-refractivity contribution in [2.75, 3.05) is 23.4 Å². The number of furan rings is 1. The molecule has 0 bridgehead atoms. The van der Waals surface area contributed by atoms with Gasteiger partial charge in [0.2, 0.25) is 5.91 Å². The van der Waals surface area contributed by atoms with E-state index in [9.17, 15) is 13.2 Å². The number of sulfone groups is 1. The van der Waals surface area contributed by atoms with Gasteiger partial charge in [-0.15, -0.1) is 0 Å². The minimum Gasteiger partial charge on any atom is -0.468 e. The highest BCUT2D eigenvalue weighted by Crippen LogP contribution is 2.26. The second-order valence-electron chi connectivity index (χ2n) is 6.21. The Kier molecular flexibility index (Phi) is 5.92. The van der Waals surface area contributed by atoms with Gasteiger partial charge in [-0.25, -0.2) is 8.42 Å². The predicted octanol–water partition coefficient (Wildman–Crippen LogP) is 3.21. The maximum atomic E-state index is 12.5. The Bertz CT molecular complexity index is 884. The summed E-state index contributed by atoms with van der Waals surface area (Å²) in [5.41, 5.74) is 0.418. The van der Waals surface area contributed by atoms with Crippen molar-refractivity contribution in [3.63, 3.8) is 0 Å². The topological polar surface area (TPSA) is 79.6 Å². The van der Waals surface area contributed by atoms with Crippen molar-refractivity contribution in [3.05, 3.63) is 52.4 Å². The Morgan fingerprint density at radius 2 is 2.12 bits per heavy atom. The lowest BCUT2D eigenvalue weighted by Crippen LogP contribution is -2.41. The number of halogens is 2. The molecular formula is C17H18Cl2N2O4S. The van der Waals surface area contributed by atoms with Gasteiger partial charge in [-0.05, 0) is 36.8 Å². The molecule has 6 nitrogen and oxygen atoms in total. The first kappa shape index (κ1) is 19.2. The lowest BCUT2D eigenvalue weighted by atomic mass is 10.2. The molecule has 2 aromatic rings. The van der Waals surface area contributed by atoms with Gasteiger partial charge in [-0.1, -0.05) is 23.2 Å². The van der Waals surface area contributed by atoms with Gasteiger partial charge in [0.15, 0.2) is 9.84 Å². The van der Waals surface area contributed by atoms with Crippen LogP contribution < -0.4 is 5.32 Å². The quantitative estimate of drug-likeness (QED) is 0.781. The number of hydrogen-bond acceptors (Lipinski definition) is 5. The average molecular weight is 417 g/mol. The van der Waals surface area contributed by atoms with Crippen LogP contribution in [0.5, 0.6) is 0 Å². The molecule has 0 aliphatic carbocycles. The van der Waals surface area contributed by atoms with Crippen LogP contribution in [0.25, 0.3) is 0 Å². The van der Waals surface area contributed by atoms with Crippen molar-refractivity contribution in [1.29, 1.82) is 0 Å². The van der Waals surface area contributed by atoms with Gasteiger partial charge >= 0.3 is 0 Å². The molecule has 0 saturated carbocycles. The summed E-state index contributed by atoms with van der Waals surface area (Å²) < 4.78 is 29.0. The highest BCUT2D eigenvalue weighted by atomic mass is 35.5. The second-order valence-corrected chi connectivity index (χ2v) is 9.29. The lowest BCUT2D eigenvalue weighted by Gasteiger charge is -2.26. The molecule has 1 aromatic heterocycles. The Balaban J connectivity index is 1.72. The fraction of sp³-hybridized carbons (Fsp3) is 0.353. The summed E-state index contributed by atoms with van der Waals surface area (Å²) in [6.07, 6.45) is 2.04. The third kappa shape index (κ3) is 5.01. The Hall–Kier alpha value is -1.54. The van der Waals surface area contributed by atoms with E-state index in [1.54, 1.807) is 36.6 Å². The number of carbonyl (C=O) groups excluding carboxylic acids is 1. The molecule has 0 unspecified atom stereocenters. The largest absolute Gasteiger partial charge is 0.468 e. The standard InChI is InChI=1S/C17H18Cl2N2O4S/c18-12-3-4-15(19)16(8-12)20-17(22)10-21(9-14-2-1-6-25-14)13-5-7-26(23,24)11-13/h1-4,6,8,13H,5,7,9-11H2,(H,20,22)/t13-/m0/s1. The number of rotatable bonds is 6. The Morgan fingerprint density at radius 1 is 1.31 bits per heavy atom. The molecule has 140 valence electrons. The van der Waals surface area contributed by atoms with Gasteiger partial charge in [-0.3, -0.25) is 9.69 Å². The second kappa shape index (κ2) is 8.00. The van der Waals surface area contributed by atoms with Crippen LogP contribution in [0.15, 0.2) is 41.0 Å². The number of nitrogens with one attached hydrogen (secondary N) is 1. The van der Waals surface area contributed by atoms with Gasteiger partial charge in [0, 0.05) is 11.1 Å². The highest BCUT2D eigenvalue weighted by Gasteiger charge is 2.33. The summed E-state index contributed by atoms with van der Waals surface area (Å²) in [6, 6.07) is 8.12. The number of anilines is 1. The van der Waals surface area contributed by atoms with Crippen LogP contribution >= 0.6 is 23.2 Å². The van der Waals surface area contributed by atoms with Crippen molar-refractivity contribution < 1.29 is 17.6 Å². The predicted molar refractivity (Wildman–Crippen MR) is 101 cm³/mol. The molecule has 9 heteroatoms. The molecule has 2 heterocycles.